The number of hydrogen-bond donors (Lipinski definition) is 0. The number of likely N-dealkylation sites (tertiary alicyclic amines) is 1. The van der Waals surface area contributed by atoms with E-state index in [1.807, 2.05) is 0 Å². The molecule has 5 nitrogen and oxygen atoms in total. The largest absolute Gasteiger partial charge is 0.337 e. The number of hydrogen-bond acceptors (Lipinski definition) is 3. The third-order valence-corrected chi connectivity index (χ3v) is 4.03. The van der Waals surface area contributed by atoms with E-state index in [1.165, 1.54) is 29.1 Å². The van der Waals surface area contributed by atoms with E-state index < -0.39 is 11.6 Å². The Morgan fingerprint density at radius 1 is 1.09 bits per heavy atom. The fourth-order valence-corrected chi connectivity index (χ4v) is 2.75. The standard InChI is InChI=1S/C16H18F2N4O/c17-13-6-5-7-14(18)12(13)10-22-11-15(19-20-22)16(23)21-8-3-1-2-4-9-21/h5-7,11H,1-4,8-10H2. The summed E-state index contributed by atoms with van der Waals surface area (Å²) in [7, 11) is 0. The number of halogens is 2. The predicted octanol–water partition coefficient (Wildman–Crippen LogP) is 2.62. The minimum atomic E-state index is -0.638. The van der Waals surface area contributed by atoms with Crippen LogP contribution in [0.2, 0.25) is 0 Å². The number of aromatic nitrogens is 3. The summed E-state index contributed by atoms with van der Waals surface area (Å²) < 4.78 is 28.6. The Hall–Kier alpha value is -2.31. The SMILES string of the molecule is O=C(c1cn(Cc2c(F)cccc2F)nn1)N1CCCCCC1. The fourth-order valence-electron chi connectivity index (χ4n) is 2.75. The molecule has 0 atom stereocenters. The highest BCUT2D eigenvalue weighted by atomic mass is 19.1. The van der Waals surface area contributed by atoms with Gasteiger partial charge in [-0.3, -0.25) is 4.79 Å². The van der Waals surface area contributed by atoms with Crippen LogP contribution in [-0.4, -0.2) is 38.9 Å². The summed E-state index contributed by atoms with van der Waals surface area (Å²) in [5.74, 6) is -1.45. The number of benzene rings is 1. The van der Waals surface area contributed by atoms with Gasteiger partial charge in [0.05, 0.1) is 12.7 Å². The van der Waals surface area contributed by atoms with E-state index in [0.717, 1.165) is 25.7 Å². The van der Waals surface area contributed by atoms with E-state index in [0.29, 0.717) is 13.1 Å². The Kier molecular flexibility index (Phi) is 4.64. The van der Waals surface area contributed by atoms with Gasteiger partial charge in [0, 0.05) is 18.7 Å². The van der Waals surface area contributed by atoms with Gasteiger partial charge in [-0.2, -0.15) is 0 Å². The van der Waals surface area contributed by atoms with Crippen LogP contribution in [0.25, 0.3) is 0 Å². The highest BCUT2D eigenvalue weighted by Gasteiger charge is 2.20. The van der Waals surface area contributed by atoms with Gasteiger partial charge >= 0.3 is 0 Å². The van der Waals surface area contributed by atoms with E-state index >= 15 is 0 Å². The molecule has 0 aliphatic carbocycles. The first-order valence-electron chi connectivity index (χ1n) is 7.77. The Bertz CT molecular complexity index is 673. The first-order chi connectivity index (χ1) is 11.1. The summed E-state index contributed by atoms with van der Waals surface area (Å²) in [5.41, 5.74) is 0.120. The maximum Gasteiger partial charge on any atom is 0.276 e. The lowest BCUT2D eigenvalue weighted by atomic mass is 10.2. The average molecular weight is 320 g/mol. The van der Waals surface area contributed by atoms with Crippen molar-refractivity contribution >= 4 is 5.91 Å². The van der Waals surface area contributed by atoms with E-state index in [2.05, 4.69) is 10.3 Å². The molecule has 2 aromatic rings. The smallest absolute Gasteiger partial charge is 0.276 e. The van der Waals surface area contributed by atoms with Crippen molar-refractivity contribution in [2.75, 3.05) is 13.1 Å². The van der Waals surface area contributed by atoms with Crippen molar-refractivity contribution in [3.63, 3.8) is 0 Å². The Morgan fingerprint density at radius 2 is 1.74 bits per heavy atom. The van der Waals surface area contributed by atoms with Crippen molar-refractivity contribution in [1.82, 2.24) is 19.9 Å². The molecule has 0 bridgehead atoms. The summed E-state index contributed by atoms with van der Waals surface area (Å²) in [4.78, 5) is 14.2. The quantitative estimate of drug-likeness (QED) is 0.873. The van der Waals surface area contributed by atoms with E-state index in [1.54, 1.807) is 4.90 Å². The molecule has 0 spiro atoms. The second-order valence-electron chi connectivity index (χ2n) is 5.71. The Balaban J connectivity index is 1.74. The summed E-state index contributed by atoms with van der Waals surface area (Å²) in [5, 5.41) is 7.67. The van der Waals surface area contributed by atoms with Gasteiger partial charge in [-0.05, 0) is 25.0 Å². The van der Waals surface area contributed by atoms with Crippen molar-refractivity contribution in [3.05, 3.63) is 47.3 Å². The zero-order valence-electron chi connectivity index (χ0n) is 12.7. The van der Waals surface area contributed by atoms with Gasteiger partial charge in [0.1, 0.15) is 11.6 Å². The number of rotatable bonds is 3. The zero-order chi connectivity index (χ0) is 16.2. The van der Waals surface area contributed by atoms with Crippen LogP contribution in [0.4, 0.5) is 8.78 Å². The predicted molar refractivity (Wildman–Crippen MR) is 79.9 cm³/mol. The molecule has 1 aromatic heterocycles. The summed E-state index contributed by atoms with van der Waals surface area (Å²) in [6.07, 6.45) is 5.67. The third-order valence-electron chi connectivity index (χ3n) is 4.03. The number of carbonyl (C=O) groups is 1. The summed E-state index contributed by atoms with van der Waals surface area (Å²) in [6.45, 7) is 1.33. The van der Waals surface area contributed by atoms with Crippen LogP contribution < -0.4 is 0 Å². The molecule has 1 fully saturated rings. The zero-order valence-corrected chi connectivity index (χ0v) is 12.7. The first kappa shape index (κ1) is 15.6. The molecule has 1 amide bonds. The molecular weight excluding hydrogens is 302 g/mol. The van der Waals surface area contributed by atoms with Gasteiger partial charge in [0.15, 0.2) is 5.69 Å². The monoisotopic (exact) mass is 320 g/mol. The lowest BCUT2D eigenvalue weighted by Crippen LogP contribution is -2.32. The molecular formula is C16H18F2N4O. The van der Waals surface area contributed by atoms with Gasteiger partial charge in [-0.15, -0.1) is 5.10 Å². The molecule has 7 heteroatoms. The van der Waals surface area contributed by atoms with E-state index in [9.17, 15) is 13.6 Å². The molecule has 0 saturated carbocycles. The van der Waals surface area contributed by atoms with Crippen LogP contribution in [0.3, 0.4) is 0 Å². The van der Waals surface area contributed by atoms with Crippen molar-refractivity contribution in [2.24, 2.45) is 0 Å². The molecule has 1 saturated heterocycles. The van der Waals surface area contributed by atoms with E-state index in [4.69, 9.17) is 0 Å². The lowest BCUT2D eigenvalue weighted by Gasteiger charge is -2.18. The molecule has 1 aromatic carbocycles. The number of amides is 1. The van der Waals surface area contributed by atoms with Crippen LogP contribution in [0.1, 0.15) is 41.7 Å². The highest BCUT2D eigenvalue weighted by molar-refractivity contribution is 5.91. The molecule has 0 unspecified atom stereocenters. The molecule has 1 aliphatic heterocycles. The van der Waals surface area contributed by atoms with Crippen LogP contribution in [0.15, 0.2) is 24.4 Å². The maximum atomic E-state index is 13.7. The van der Waals surface area contributed by atoms with Gasteiger partial charge < -0.3 is 4.90 Å². The van der Waals surface area contributed by atoms with Gasteiger partial charge in [0.2, 0.25) is 0 Å². The molecule has 3 rings (SSSR count). The summed E-state index contributed by atoms with van der Waals surface area (Å²) >= 11 is 0. The second kappa shape index (κ2) is 6.85. The molecule has 1 aliphatic rings. The fraction of sp³-hybridized carbons (Fsp3) is 0.438. The second-order valence-corrected chi connectivity index (χ2v) is 5.71. The summed E-state index contributed by atoms with van der Waals surface area (Å²) in [6, 6.07) is 3.70. The average Bonchev–Trinajstić information content (AvgIpc) is 2.83. The number of carbonyl (C=O) groups excluding carboxylic acids is 1. The first-order valence-corrected chi connectivity index (χ1v) is 7.77. The normalized spacial score (nSPS) is 15.5. The van der Waals surface area contributed by atoms with Gasteiger partial charge in [0.25, 0.3) is 5.91 Å². The van der Waals surface area contributed by atoms with Crippen molar-refractivity contribution in [2.45, 2.75) is 32.2 Å². The van der Waals surface area contributed by atoms with Crippen molar-refractivity contribution in [3.8, 4) is 0 Å². The van der Waals surface area contributed by atoms with Crippen LogP contribution in [-0.2, 0) is 6.54 Å². The van der Waals surface area contributed by atoms with Crippen LogP contribution >= 0.6 is 0 Å². The highest BCUT2D eigenvalue weighted by Crippen LogP contribution is 2.15. The molecule has 2 heterocycles. The topological polar surface area (TPSA) is 51.0 Å². The molecule has 0 N–H and O–H groups in total. The molecule has 23 heavy (non-hydrogen) atoms. The van der Waals surface area contributed by atoms with Crippen LogP contribution in [0, 0.1) is 11.6 Å². The Labute approximate surface area is 132 Å². The van der Waals surface area contributed by atoms with E-state index in [-0.39, 0.29) is 23.7 Å². The molecule has 122 valence electrons. The Morgan fingerprint density at radius 3 is 2.39 bits per heavy atom. The number of nitrogens with zero attached hydrogens (tertiary/aromatic N) is 4. The van der Waals surface area contributed by atoms with Crippen molar-refractivity contribution in [1.29, 1.82) is 0 Å². The minimum Gasteiger partial charge on any atom is -0.337 e. The van der Waals surface area contributed by atoms with Crippen molar-refractivity contribution < 1.29 is 13.6 Å². The lowest BCUT2D eigenvalue weighted by molar-refractivity contribution is 0.0755. The van der Waals surface area contributed by atoms with Gasteiger partial charge in [-0.25, -0.2) is 13.5 Å². The maximum absolute atomic E-state index is 13.7. The minimum absolute atomic E-state index is 0.0915. The molecule has 0 radical (unpaired) electrons. The van der Waals surface area contributed by atoms with Crippen LogP contribution in [0.5, 0.6) is 0 Å². The third kappa shape index (κ3) is 3.55. The van der Waals surface area contributed by atoms with Gasteiger partial charge in [-0.1, -0.05) is 24.1 Å².